The van der Waals surface area contributed by atoms with E-state index < -0.39 is 235 Å². The van der Waals surface area contributed by atoms with Crippen LogP contribution in [0.5, 0.6) is 5.75 Å². The topological polar surface area (TPSA) is 626 Å². The molecule has 22 N–H and O–H groups in total. The highest BCUT2D eigenvalue weighted by Gasteiger charge is 2.47. The predicted molar refractivity (Wildman–Crippen MR) is 480 cm³/mol. The summed E-state index contributed by atoms with van der Waals surface area (Å²) in [6.07, 6.45) is 4.61. The van der Waals surface area contributed by atoms with E-state index in [0.717, 1.165) is 36.3 Å². The number of nitrogens with one attached hydrogen (secondary N) is 13. The van der Waals surface area contributed by atoms with Crippen LogP contribution in [-0.2, 0) is 107 Å². The van der Waals surface area contributed by atoms with E-state index in [1.54, 1.807) is 60.9 Å². The molecule has 0 saturated carbocycles. The smallest absolute Gasteiger partial charge is 0.246 e. The van der Waals surface area contributed by atoms with Crippen molar-refractivity contribution in [1.82, 2.24) is 97.6 Å². The summed E-state index contributed by atoms with van der Waals surface area (Å²) >= 11 is 0.781. The van der Waals surface area contributed by atoms with Gasteiger partial charge in [-0.25, -0.2) is 4.98 Å². The number of fused-ring (bicyclic) bond motifs is 4. The van der Waals surface area contributed by atoms with Gasteiger partial charge in [-0.15, -0.1) is 11.8 Å². The normalized spacial score (nSPS) is 25.2. The maximum Gasteiger partial charge on any atom is 0.246 e. The molecule has 9 rings (SSSR count). The van der Waals surface area contributed by atoms with Crippen molar-refractivity contribution < 1.29 is 96.8 Å². The fourth-order valence-corrected chi connectivity index (χ4v) is 17.0. The first kappa shape index (κ1) is 102. The average molecular weight is 1840 g/mol. The number of aliphatic hydroxyl groups excluding tert-OH is 2. The van der Waals surface area contributed by atoms with Crippen LogP contribution in [-0.4, -0.2) is 316 Å². The van der Waals surface area contributed by atoms with Crippen molar-refractivity contribution in [2.75, 3.05) is 65.4 Å². The number of hydrogen-bond acceptors (Lipinski definition) is 23. The number of benzene rings is 3. The molecule has 3 aromatic heterocycles. The summed E-state index contributed by atoms with van der Waals surface area (Å²) in [6.45, 7) is 4.02. The van der Waals surface area contributed by atoms with Gasteiger partial charge in [0.05, 0.1) is 43.5 Å². The highest BCUT2D eigenvalue weighted by Crippen LogP contribution is 2.28. The Kier molecular flexibility index (Phi) is 37.7. The van der Waals surface area contributed by atoms with Crippen LogP contribution in [0.15, 0.2) is 97.7 Å². The lowest BCUT2D eigenvalue weighted by atomic mass is 10.00. The second kappa shape index (κ2) is 48.6. The molecule has 131 heavy (non-hydrogen) atoms. The number of hydrogen-bond donors (Lipinski definition) is 19. The SMILES string of the molecule is CCCC[C@H]1C(=O)N(C)[C@@H](CCCC)C(=O)N[C@@H](C)C(=O)N[C@H](C(=O)NCC(N)=O)CSCC(=O)NC(Cc2ccc(O)cc2)C(=O)N(C)[C@@H](C)C(=O)N[C@@H](CC(N)=O)C(=O)N2CCC[C@H]2C(=O)N[C@@H](Cc2c[nH]cn2)C(=O)N[C@@H](CCCCN)C(=O)N2C[C@H](O)C[C@H]2C(=O)N[C@@H](Cc2c[nH]c3ccccc23)C(=O)N[C@@H](CO)C(=O)N[C@@H](Cc2c[nH]c3ccccc23)C(=O)N1C. The van der Waals surface area contributed by atoms with Crippen molar-refractivity contribution in [2.45, 2.75) is 228 Å². The quantitative estimate of drug-likeness (QED) is 0.0267. The van der Waals surface area contributed by atoms with Gasteiger partial charge in [0, 0.05) is 112 Å². The van der Waals surface area contributed by atoms with Gasteiger partial charge in [0.15, 0.2) is 0 Å². The third-order valence-electron chi connectivity index (χ3n) is 23.7. The summed E-state index contributed by atoms with van der Waals surface area (Å²) in [4.78, 5) is 267. The lowest BCUT2D eigenvalue weighted by Gasteiger charge is -2.36. The molecule has 3 aromatic carbocycles. The molecule has 42 nitrogen and oxygen atoms in total. The summed E-state index contributed by atoms with van der Waals surface area (Å²) < 4.78 is 0. The number of phenolic OH excluding ortho intramolecular Hbond substituents is 1. The van der Waals surface area contributed by atoms with Crippen molar-refractivity contribution in [1.29, 1.82) is 0 Å². The van der Waals surface area contributed by atoms with Crippen molar-refractivity contribution >= 4 is 134 Å². The Morgan fingerprint density at radius 1 is 0.534 bits per heavy atom. The molecular weight excluding hydrogens is 1720 g/mol. The van der Waals surface area contributed by atoms with Crippen molar-refractivity contribution in [3.63, 3.8) is 0 Å². The number of aromatic nitrogens is 4. The molecular formula is C88H122N22O20S. The molecule has 0 spiro atoms. The van der Waals surface area contributed by atoms with Gasteiger partial charge in [0.25, 0.3) is 0 Å². The summed E-state index contributed by atoms with van der Waals surface area (Å²) in [5.41, 5.74) is 20.0. The third-order valence-corrected chi connectivity index (χ3v) is 24.7. The molecule has 3 saturated heterocycles. The number of amides is 17. The fourth-order valence-electron chi connectivity index (χ4n) is 16.2. The van der Waals surface area contributed by atoms with Crippen molar-refractivity contribution in [3.8, 4) is 5.75 Å². The van der Waals surface area contributed by atoms with E-state index in [1.165, 1.54) is 71.8 Å². The summed E-state index contributed by atoms with van der Waals surface area (Å²) in [5.74, 6) is -17.0. The number of unbranched alkanes of at least 4 members (excludes halogenated alkanes) is 3. The van der Waals surface area contributed by atoms with E-state index in [0.29, 0.717) is 70.6 Å². The van der Waals surface area contributed by atoms with E-state index >= 15 is 33.6 Å². The third kappa shape index (κ3) is 27.8. The fraction of sp³-hybridized carbons (Fsp3) is 0.523. The number of nitrogens with two attached hydrogens (primary N) is 3. The standard InChI is InChI=1S/C88H122N22O20S/c1-8-10-24-68-81(123)97-48(3)75(117)105-67(77(119)95-42-73(91)115)45-131-46-74(116)98-63(33-50-27-29-54(112)30-28-50)84(126)106(5)49(4)76(118)102-65(38-72(90)114)87(129)109-32-18-26-69(109)82(124)101-62(36-53-41-92-47-96-53)79(121)99-60(23-16-17-31-89)86(128)110-43-55(113)37-71(110)83(125)100-61(34-51-39-93-58-21-14-12-19-56(51)58)78(120)104-66(44-111)80(122)103-64(35-52-40-94-59-22-15-13-20-57(52)59)85(127)108(7)70(25-11-9-2)88(130)107(68)6/h12-15,19-22,27-30,39-41,47-49,55,60-71,93-94,111-113H,8-11,16-18,23-26,31-38,42-46,89H2,1-7H3,(H2,90,114)(H2,91,115)(H,92,96)(H,95,119)(H,97,123)(H,98,116)(H,99,121)(H,100,125)(H,101,124)(H,102,118)(H,103,122)(H,104,120)(H,105,117)/t48-,49-,55+,60-,61-,62-,63?,64-,65-,66-,67-,68-,69-,70-,71-/m0/s1. The number of carbonyl (C=O) groups excluding carboxylic acids is 17. The zero-order valence-electron chi connectivity index (χ0n) is 74.5. The van der Waals surface area contributed by atoms with E-state index in [4.69, 9.17) is 17.2 Å². The number of para-hydroxylation sites is 2. The van der Waals surface area contributed by atoms with Gasteiger partial charge in [0.2, 0.25) is 100 Å². The van der Waals surface area contributed by atoms with Crippen molar-refractivity contribution in [2.24, 2.45) is 17.2 Å². The molecule has 0 bridgehead atoms. The Morgan fingerprint density at radius 2 is 1.08 bits per heavy atom. The average Bonchev–Trinajstić information content (AvgIpc) is 1.59. The second-order valence-electron chi connectivity index (χ2n) is 33.3. The molecule has 6 heterocycles. The molecule has 6 aromatic rings. The number of phenols is 1. The van der Waals surface area contributed by atoms with E-state index in [-0.39, 0.29) is 88.7 Å². The Balaban J connectivity index is 1.08. The molecule has 17 amide bonds. The Morgan fingerprint density at radius 3 is 1.69 bits per heavy atom. The number of H-pyrrole nitrogens is 3. The number of nitrogens with zero attached hydrogens (tertiary/aromatic N) is 6. The molecule has 3 aliphatic rings. The Bertz CT molecular complexity index is 5050. The Hall–Kier alpha value is -13.0. The van der Waals surface area contributed by atoms with Gasteiger partial charge in [-0.3, -0.25) is 81.5 Å². The highest BCUT2D eigenvalue weighted by molar-refractivity contribution is 8.00. The monoisotopic (exact) mass is 1840 g/mol. The molecule has 43 heteroatoms. The molecule has 0 radical (unpaired) electrons. The van der Waals surface area contributed by atoms with Crippen LogP contribution in [0, 0.1) is 0 Å². The molecule has 1 unspecified atom stereocenters. The number of carbonyl (C=O) groups is 17. The highest BCUT2D eigenvalue weighted by atomic mass is 32.2. The van der Waals surface area contributed by atoms with E-state index in [1.807, 2.05) is 13.8 Å². The number of imidazole rings is 1. The molecule has 3 aliphatic heterocycles. The molecule has 3 fully saturated rings. The summed E-state index contributed by atoms with van der Waals surface area (Å²) in [7, 11) is 3.92. The van der Waals surface area contributed by atoms with Gasteiger partial charge in [-0.1, -0.05) is 88.1 Å². The van der Waals surface area contributed by atoms with Crippen LogP contribution in [0.1, 0.15) is 134 Å². The minimum absolute atomic E-state index is 0.0160. The van der Waals surface area contributed by atoms with Crippen LogP contribution >= 0.6 is 11.8 Å². The first-order valence-corrected chi connectivity index (χ1v) is 45.1. The van der Waals surface area contributed by atoms with E-state index in [2.05, 4.69) is 73.1 Å². The first-order chi connectivity index (χ1) is 62.5. The van der Waals surface area contributed by atoms with Gasteiger partial charge in [0.1, 0.15) is 90.3 Å². The predicted octanol–water partition coefficient (Wildman–Crippen LogP) is -3.09. The van der Waals surface area contributed by atoms with Crippen LogP contribution in [0.4, 0.5) is 0 Å². The molecule has 15 atom stereocenters. The Labute approximate surface area is 760 Å². The van der Waals surface area contributed by atoms with Crippen LogP contribution in [0.2, 0.25) is 0 Å². The first-order valence-electron chi connectivity index (χ1n) is 43.9. The number of aromatic hydroxyl groups is 1. The molecule has 710 valence electrons. The van der Waals surface area contributed by atoms with Gasteiger partial charge < -0.3 is 125 Å². The number of aliphatic hydroxyl groups is 2. The zero-order valence-corrected chi connectivity index (χ0v) is 75.3. The maximum atomic E-state index is 15.6. The minimum atomic E-state index is -1.88. The van der Waals surface area contributed by atoms with Gasteiger partial charge in [-0.05, 0) is 106 Å². The summed E-state index contributed by atoms with van der Waals surface area (Å²) in [5, 5.41) is 60.3. The van der Waals surface area contributed by atoms with Crippen LogP contribution in [0.3, 0.4) is 0 Å². The van der Waals surface area contributed by atoms with E-state index in [9.17, 15) is 63.3 Å². The number of likely N-dealkylation sites (N-methyl/N-ethyl adjacent to an activating group) is 3. The zero-order chi connectivity index (χ0) is 95.4. The van der Waals surface area contributed by atoms with Gasteiger partial charge >= 0.3 is 0 Å². The van der Waals surface area contributed by atoms with Gasteiger partial charge in [-0.2, -0.15) is 0 Å². The number of primary amides is 2. The van der Waals surface area contributed by atoms with Crippen LogP contribution < -0.4 is 70.4 Å². The lowest BCUT2D eigenvalue weighted by molar-refractivity contribution is -0.149. The summed E-state index contributed by atoms with van der Waals surface area (Å²) in [6, 6.07) is -1.92. The maximum absolute atomic E-state index is 15.6. The number of rotatable bonds is 24. The lowest BCUT2D eigenvalue weighted by Crippen LogP contribution is -2.61. The molecule has 0 aliphatic carbocycles. The largest absolute Gasteiger partial charge is 0.508 e. The van der Waals surface area contributed by atoms with Crippen molar-refractivity contribution in [3.05, 3.63) is 120 Å². The van der Waals surface area contributed by atoms with Crippen LogP contribution in [0.25, 0.3) is 21.8 Å². The number of thioether (sulfide) groups is 1. The number of aromatic amines is 3. The second-order valence-corrected chi connectivity index (χ2v) is 34.3. The minimum Gasteiger partial charge on any atom is -0.508 e.